The Bertz CT molecular complexity index is 1840. The Balaban J connectivity index is 1.41. The molecular formula is C29H23Cl2FN6O4. The minimum atomic E-state index is -1.67. The van der Waals surface area contributed by atoms with E-state index in [-0.39, 0.29) is 21.6 Å². The van der Waals surface area contributed by atoms with Gasteiger partial charge in [-0.2, -0.15) is 0 Å². The van der Waals surface area contributed by atoms with Gasteiger partial charge in [0.25, 0.3) is 0 Å². The van der Waals surface area contributed by atoms with Gasteiger partial charge in [-0.15, -0.1) is 5.10 Å². The second-order valence-electron chi connectivity index (χ2n) is 9.67. The molecule has 5 aromatic rings. The number of nitrogens with zero attached hydrogens (tertiary/aromatic N) is 6. The molecule has 2 aromatic heterocycles. The van der Waals surface area contributed by atoms with Gasteiger partial charge in [0.05, 0.1) is 51.3 Å². The van der Waals surface area contributed by atoms with Crippen LogP contribution in [0.25, 0.3) is 16.6 Å². The van der Waals surface area contributed by atoms with Gasteiger partial charge in [0.1, 0.15) is 5.82 Å². The molecule has 1 saturated heterocycles. The van der Waals surface area contributed by atoms with Crippen LogP contribution in [0.5, 0.6) is 5.75 Å². The summed E-state index contributed by atoms with van der Waals surface area (Å²) in [5, 5.41) is 17.6. The molecule has 0 spiro atoms. The molecule has 13 heteroatoms. The molecule has 3 aromatic carbocycles. The summed E-state index contributed by atoms with van der Waals surface area (Å²) in [4.78, 5) is 28.5. The van der Waals surface area contributed by atoms with Gasteiger partial charge < -0.3 is 24.2 Å². The average Bonchev–Trinajstić information content (AvgIpc) is 3.49. The van der Waals surface area contributed by atoms with E-state index >= 15 is 4.39 Å². The van der Waals surface area contributed by atoms with E-state index in [1.165, 1.54) is 6.20 Å². The molecule has 10 nitrogen and oxygen atoms in total. The highest BCUT2D eigenvalue weighted by Crippen LogP contribution is 2.38. The zero-order chi connectivity index (χ0) is 29.4. The Morgan fingerprint density at radius 1 is 1.02 bits per heavy atom. The molecule has 0 atom stereocenters. The number of para-hydroxylation sites is 1. The van der Waals surface area contributed by atoms with Crippen molar-refractivity contribution in [3.8, 4) is 11.4 Å². The highest BCUT2D eigenvalue weighted by atomic mass is 35.5. The van der Waals surface area contributed by atoms with Crippen molar-refractivity contribution < 1.29 is 19.0 Å². The van der Waals surface area contributed by atoms with Gasteiger partial charge in [0.15, 0.2) is 5.75 Å². The molecule has 0 unspecified atom stereocenters. The summed E-state index contributed by atoms with van der Waals surface area (Å²) in [5.74, 6) is -1.17. The molecule has 42 heavy (non-hydrogen) atoms. The molecular weight excluding hydrogens is 586 g/mol. The number of aromatic nitrogens is 4. The van der Waals surface area contributed by atoms with Crippen molar-refractivity contribution in [2.75, 3.05) is 36.0 Å². The van der Waals surface area contributed by atoms with Gasteiger partial charge in [-0.3, -0.25) is 4.79 Å². The number of anilines is 2. The zero-order valence-corrected chi connectivity index (χ0v) is 23.5. The number of carbonyl (C=O) groups is 1. The number of carboxylic acid groups (broad SMARTS) is 1. The fourth-order valence-corrected chi connectivity index (χ4v) is 5.84. The number of pyridine rings is 1. The predicted molar refractivity (Wildman–Crippen MR) is 158 cm³/mol. The van der Waals surface area contributed by atoms with Crippen molar-refractivity contribution in [3.05, 3.63) is 105 Å². The SMILES string of the molecule is O=C(O)Oc1cn(-c2ccc(Cn3ccnn3)cc2)c2c(Cl)c(N3CCN(c4ccccc4Cl)CC3)c(F)cc2c1=O. The maximum absolute atomic E-state index is 15.7. The van der Waals surface area contributed by atoms with Gasteiger partial charge in [0.2, 0.25) is 5.43 Å². The van der Waals surface area contributed by atoms with E-state index < -0.39 is 23.2 Å². The molecule has 1 aliphatic rings. The van der Waals surface area contributed by atoms with Crippen LogP contribution in [0.3, 0.4) is 0 Å². The number of hydrogen-bond acceptors (Lipinski definition) is 7. The van der Waals surface area contributed by atoms with E-state index in [1.54, 1.807) is 33.8 Å². The number of ether oxygens (including phenoxy) is 1. The average molecular weight is 609 g/mol. The summed E-state index contributed by atoms with van der Waals surface area (Å²) < 4.78 is 23.7. The zero-order valence-electron chi connectivity index (χ0n) is 22.0. The Labute approximate surface area is 248 Å². The van der Waals surface area contributed by atoms with Crippen molar-refractivity contribution in [2.24, 2.45) is 0 Å². The maximum atomic E-state index is 15.7. The summed E-state index contributed by atoms with van der Waals surface area (Å²) >= 11 is 13.3. The van der Waals surface area contributed by atoms with Crippen LogP contribution in [0.2, 0.25) is 10.0 Å². The number of halogens is 3. The number of fused-ring (bicyclic) bond motifs is 1. The van der Waals surface area contributed by atoms with Crippen molar-refractivity contribution in [1.29, 1.82) is 0 Å². The second kappa shape index (κ2) is 11.3. The first kappa shape index (κ1) is 27.6. The maximum Gasteiger partial charge on any atom is 0.511 e. The van der Waals surface area contributed by atoms with Crippen LogP contribution in [0, 0.1) is 5.82 Å². The number of hydrogen-bond donors (Lipinski definition) is 1. The third-order valence-electron chi connectivity index (χ3n) is 7.14. The lowest BCUT2D eigenvalue weighted by Crippen LogP contribution is -2.47. The monoisotopic (exact) mass is 608 g/mol. The van der Waals surface area contributed by atoms with Gasteiger partial charge >= 0.3 is 6.16 Å². The van der Waals surface area contributed by atoms with Gasteiger partial charge in [-0.05, 0) is 35.9 Å². The summed E-state index contributed by atoms with van der Waals surface area (Å²) in [7, 11) is 0. The lowest BCUT2D eigenvalue weighted by Gasteiger charge is -2.38. The molecule has 214 valence electrons. The van der Waals surface area contributed by atoms with E-state index in [1.807, 2.05) is 41.3 Å². The van der Waals surface area contributed by atoms with Crippen molar-refractivity contribution in [1.82, 2.24) is 19.6 Å². The van der Waals surface area contributed by atoms with Crippen LogP contribution in [0.4, 0.5) is 20.6 Å². The minimum absolute atomic E-state index is 0.0295. The molecule has 1 fully saturated rings. The standard InChI is InChI=1S/C29H23Cl2FN6O4/c30-21-3-1-2-4-23(21)35-11-13-36(14-12-35)27-22(32)15-20-26(25(27)31)38(17-24(28(20)39)42-29(40)41)19-7-5-18(6-8-19)16-37-10-9-33-34-37/h1-10,15,17H,11-14,16H2,(H,40,41). The Kier molecular flexibility index (Phi) is 7.44. The van der Waals surface area contributed by atoms with E-state index in [0.717, 1.165) is 17.3 Å². The van der Waals surface area contributed by atoms with Crippen LogP contribution in [-0.2, 0) is 6.54 Å². The Morgan fingerprint density at radius 2 is 1.74 bits per heavy atom. The lowest BCUT2D eigenvalue weighted by atomic mass is 10.1. The van der Waals surface area contributed by atoms with E-state index in [2.05, 4.69) is 15.2 Å². The van der Waals surface area contributed by atoms with Crippen molar-refractivity contribution >= 4 is 51.6 Å². The molecule has 0 aliphatic carbocycles. The molecule has 0 saturated carbocycles. The van der Waals surface area contributed by atoms with Gasteiger partial charge in [0, 0.05) is 38.1 Å². The third kappa shape index (κ3) is 5.24. The second-order valence-corrected chi connectivity index (χ2v) is 10.5. The molecule has 6 rings (SSSR count). The smallest absolute Gasteiger partial charge is 0.449 e. The number of piperazine rings is 1. The lowest BCUT2D eigenvalue weighted by molar-refractivity contribution is 0.144. The molecule has 1 aliphatic heterocycles. The molecule has 0 amide bonds. The minimum Gasteiger partial charge on any atom is -0.449 e. The first-order valence-corrected chi connectivity index (χ1v) is 13.7. The highest BCUT2D eigenvalue weighted by Gasteiger charge is 2.27. The molecule has 0 bridgehead atoms. The van der Waals surface area contributed by atoms with E-state index in [9.17, 15) is 14.7 Å². The summed E-state index contributed by atoms with van der Waals surface area (Å²) in [5.41, 5.74) is 1.98. The molecule has 0 radical (unpaired) electrons. The van der Waals surface area contributed by atoms with Gasteiger partial charge in [-0.25, -0.2) is 13.9 Å². The Hall–Kier alpha value is -4.61. The van der Waals surface area contributed by atoms with Crippen LogP contribution in [0.1, 0.15) is 5.56 Å². The predicted octanol–water partition coefficient (Wildman–Crippen LogP) is 5.46. The summed E-state index contributed by atoms with van der Waals surface area (Å²) in [6, 6.07) is 15.9. The molecule has 3 heterocycles. The topological polar surface area (TPSA) is 106 Å². The largest absolute Gasteiger partial charge is 0.511 e. The summed E-state index contributed by atoms with van der Waals surface area (Å²) in [6.45, 7) is 2.53. The fraction of sp³-hybridized carbons (Fsp3) is 0.172. The van der Waals surface area contributed by atoms with Crippen LogP contribution in [-0.4, -0.2) is 57.0 Å². The van der Waals surface area contributed by atoms with Crippen LogP contribution in [0.15, 0.2) is 78.0 Å². The summed E-state index contributed by atoms with van der Waals surface area (Å²) in [6.07, 6.45) is 2.91. The first-order valence-electron chi connectivity index (χ1n) is 13.0. The van der Waals surface area contributed by atoms with Gasteiger partial charge in [-0.1, -0.05) is 52.7 Å². The van der Waals surface area contributed by atoms with Crippen molar-refractivity contribution in [2.45, 2.75) is 6.54 Å². The fourth-order valence-electron chi connectivity index (χ4n) is 5.19. The van der Waals surface area contributed by atoms with E-state index in [0.29, 0.717) is 43.4 Å². The number of rotatable bonds is 6. The third-order valence-corrected chi connectivity index (χ3v) is 7.82. The molecule has 1 N–H and O–H groups in total. The Morgan fingerprint density at radius 3 is 2.40 bits per heavy atom. The van der Waals surface area contributed by atoms with Crippen molar-refractivity contribution in [3.63, 3.8) is 0 Å². The normalized spacial score (nSPS) is 13.5. The van der Waals surface area contributed by atoms with E-state index in [4.69, 9.17) is 27.9 Å². The number of benzene rings is 3. The van der Waals surface area contributed by atoms with Crippen LogP contribution < -0.4 is 20.0 Å². The highest BCUT2D eigenvalue weighted by molar-refractivity contribution is 6.38. The quantitative estimate of drug-likeness (QED) is 0.253. The van der Waals surface area contributed by atoms with Crippen LogP contribution >= 0.6 is 23.2 Å². The first-order chi connectivity index (χ1) is 20.3.